The first kappa shape index (κ1) is 13.1. The molecule has 0 aliphatic rings. The van der Waals surface area contributed by atoms with Crippen molar-refractivity contribution in [3.8, 4) is 0 Å². The van der Waals surface area contributed by atoms with Crippen molar-refractivity contribution in [3.63, 3.8) is 0 Å². The molecule has 0 aromatic carbocycles. The van der Waals surface area contributed by atoms with Gasteiger partial charge in [0.2, 0.25) is 0 Å². The fourth-order valence-electron chi connectivity index (χ4n) is 1.24. The van der Waals surface area contributed by atoms with Crippen molar-refractivity contribution in [1.82, 2.24) is 14.9 Å². The molecule has 90 valence electrons. The SMILES string of the molecule is O=[N+]([O-])c1nccn1C[14C@@H](O)CNCCBr. The van der Waals surface area contributed by atoms with Crippen LogP contribution < -0.4 is 5.32 Å². The molecule has 0 unspecified atom stereocenters. The summed E-state index contributed by atoms with van der Waals surface area (Å²) in [6.45, 7) is 1.29. The van der Waals surface area contributed by atoms with Crippen LogP contribution >= 0.6 is 15.9 Å². The van der Waals surface area contributed by atoms with Gasteiger partial charge in [-0.15, -0.1) is 0 Å². The molecule has 2 N–H and O–H groups in total. The van der Waals surface area contributed by atoms with Gasteiger partial charge in [-0.2, -0.15) is 0 Å². The minimum absolute atomic E-state index is 0.158. The molecule has 16 heavy (non-hydrogen) atoms. The Balaban J connectivity index is 2.46. The maximum absolute atomic E-state index is 10.5. The van der Waals surface area contributed by atoms with Gasteiger partial charge in [-0.1, -0.05) is 20.9 Å². The van der Waals surface area contributed by atoms with Gasteiger partial charge >= 0.3 is 5.95 Å². The number of nitro groups is 1. The first-order valence-corrected chi connectivity index (χ1v) is 5.87. The van der Waals surface area contributed by atoms with Crippen molar-refractivity contribution in [2.75, 3.05) is 18.4 Å². The molecule has 0 saturated heterocycles. The van der Waals surface area contributed by atoms with Crippen LogP contribution in [0.5, 0.6) is 0 Å². The van der Waals surface area contributed by atoms with E-state index >= 15 is 0 Å². The van der Waals surface area contributed by atoms with Crippen molar-refractivity contribution in [3.05, 3.63) is 22.5 Å². The van der Waals surface area contributed by atoms with E-state index in [2.05, 4.69) is 26.2 Å². The van der Waals surface area contributed by atoms with Crippen LogP contribution in [0.1, 0.15) is 0 Å². The van der Waals surface area contributed by atoms with Gasteiger partial charge in [0.1, 0.15) is 12.4 Å². The van der Waals surface area contributed by atoms with E-state index in [1.807, 2.05) is 0 Å². The molecular formula is C8H13BrN4O3. The minimum Gasteiger partial charge on any atom is -0.390 e. The highest BCUT2D eigenvalue weighted by molar-refractivity contribution is 9.09. The molecule has 7 nitrogen and oxygen atoms in total. The summed E-state index contributed by atoms with van der Waals surface area (Å²) >= 11 is 3.24. The number of hydrogen-bond acceptors (Lipinski definition) is 5. The Morgan fingerprint density at radius 3 is 3.12 bits per heavy atom. The van der Waals surface area contributed by atoms with E-state index in [1.54, 1.807) is 0 Å². The number of alkyl halides is 1. The predicted molar refractivity (Wildman–Crippen MR) is 61.6 cm³/mol. The number of aromatic nitrogens is 2. The van der Waals surface area contributed by atoms with Gasteiger partial charge in [0.15, 0.2) is 0 Å². The van der Waals surface area contributed by atoms with Crippen LogP contribution in [0.25, 0.3) is 0 Å². The number of aliphatic hydroxyl groups is 1. The number of halogens is 1. The largest absolute Gasteiger partial charge is 0.434 e. The van der Waals surface area contributed by atoms with E-state index in [0.717, 1.165) is 11.9 Å². The normalized spacial score (nSPS) is 12.6. The number of hydrogen-bond donors (Lipinski definition) is 2. The van der Waals surface area contributed by atoms with E-state index < -0.39 is 11.0 Å². The standard InChI is InChI=1S/C8H13BrN4O3/c9-1-2-10-5-7(14)6-12-4-3-11-8(12)13(15)16/h3-4,7,10,14H,1-2,5-6H2/t7-/m0/s1/i7+2. The molecule has 8 heteroatoms. The summed E-state index contributed by atoms with van der Waals surface area (Å²) in [5, 5.41) is 23.9. The average Bonchev–Trinajstić information content (AvgIpc) is 2.66. The molecule has 1 aromatic rings. The van der Waals surface area contributed by atoms with Crippen molar-refractivity contribution in [2.24, 2.45) is 0 Å². The van der Waals surface area contributed by atoms with Crippen LogP contribution in [0.4, 0.5) is 5.95 Å². The number of aliphatic hydroxyl groups excluding tert-OH is 1. The molecule has 1 atom stereocenters. The van der Waals surface area contributed by atoms with Crippen molar-refractivity contribution in [2.45, 2.75) is 12.6 Å². The summed E-state index contributed by atoms with van der Waals surface area (Å²) in [7, 11) is 0. The van der Waals surface area contributed by atoms with E-state index in [-0.39, 0.29) is 12.5 Å². The molecule has 0 saturated carbocycles. The Bertz CT molecular complexity index is 344. The number of nitrogens with one attached hydrogen (secondary N) is 1. The highest BCUT2D eigenvalue weighted by Crippen LogP contribution is 2.07. The number of rotatable bonds is 7. The van der Waals surface area contributed by atoms with E-state index in [4.69, 9.17) is 0 Å². The first-order valence-electron chi connectivity index (χ1n) is 4.75. The fourth-order valence-corrected chi connectivity index (χ4v) is 1.52. The minimum atomic E-state index is -0.674. The van der Waals surface area contributed by atoms with Gasteiger partial charge < -0.3 is 20.5 Å². The van der Waals surface area contributed by atoms with Crippen LogP contribution in [0.15, 0.2) is 12.4 Å². The molecule has 1 heterocycles. The highest BCUT2D eigenvalue weighted by Gasteiger charge is 2.16. The Hall–Kier alpha value is -0.990. The Morgan fingerprint density at radius 2 is 2.50 bits per heavy atom. The lowest BCUT2D eigenvalue weighted by molar-refractivity contribution is -0.397. The third kappa shape index (κ3) is 3.87. The van der Waals surface area contributed by atoms with E-state index in [1.165, 1.54) is 17.0 Å². The molecule has 0 fully saturated rings. The topological polar surface area (TPSA) is 93.2 Å². The third-order valence-electron chi connectivity index (χ3n) is 1.92. The Kier molecular flexibility index (Phi) is 5.36. The second-order valence-corrected chi connectivity index (χ2v) is 3.98. The lowest BCUT2D eigenvalue weighted by Gasteiger charge is -2.10. The zero-order chi connectivity index (χ0) is 12.0. The Morgan fingerprint density at radius 1 is 1.75 bits per heavy atom. The maximum Gasteiger partial charge on any atom is 0.434 e. The third-order valence-corrected chi connectivity index (χ3v) is 2.31. The summed E-state index contributed by atoms with van der Waals surface area (Å²) in [5.74, 6) is -0.250. The van der Waals surface area contributed by atoms with Crippen LogP contribution in [0.3, 0.4) is 0 Å². The van der Waals surface area contributed by atoms with Gasteiger partial charge in [0.05, 0.1) is 12.6 Å². The van der Waals surface area contributed by atoms with Crippen LogP contribution in [-0.2, 0) is 6.54 Å². The smallest absolute Gasteiger partial charge is 0.390 e. The van der Waals surface area contributed by atoms with Crippen LogP contribution in [-0.4, -0.2) is 44.1 Å². The lowest BCUT2D eigenvalue weighted by Crippen LogP contribution is -2.31. The van der Waals surface area contributed by atoms with Crippen LogP contribution in [0, 0.1) is 10.1 Å². The monoisotopic (exact) mass is 294 g/mol. The van der Waals surface area contributed by atoms with E-state index in [0.29, 0.717) is 6.54 Å². The molecule has 1 rings (SSSR count). The molecule has 0 bridgehead atoms. The van der Waals surface area contributed by atoms with Gasteiger partial charge in [-0.05, 0) is 4.92 Å². The van der Waals surface area contributed by atoms with E-state index in [9.17, 15) is 15.2 Å². The first-order chi connectivity index (χ1) is 7.65. The predicted octanol–water partition coefficient (Wildman–Crippen LogP) is 0.137. The number of imidazole rings is 1. The second kappa shape index (κ2) is 6.56. The van der Waals surface area contributed by atoms with Crippen LogP contribution in [0.2, 0.25) is 0 Å². The quantitative estimate of drug-likeness (QED) is 0.323. The molecule has 0 radical (unpaired) electrons. The molecular weight excluding hydrogens is 282 g/mol. The van der Waals surface area contributed by atoms with Gasteiger partial charge in [-0.25, -0.2) is 4.57 Å². The Labute approximate surface area is 101 Å². The average molecular weight is 295 g/mol. The van der Waals surface area contributed by atoms with Crippen molar-refractivity contribution >= 4 is 21.9 Å². The second-order valence-electron chi connectivity index (χ2n) is 3.18. The summed E-state index contributed by atoms with van der Waals surface area (Å²) in [5.41, 5.74) is 0. The molecule has 0 aliphatic carbocycles. The van der Waals surface area contributed by atoms with Gasteiger partial charge in [0.25, 0.3) is 0 Å². The fraction of sp³-hybridized carbons (Fsp3) is 0.625. The summed E-state index contributed by atoms with van der Waals surface area (Å²) in [6, 6.07) is 0. The summed E-state index contributed by atoms with van der Waals surface area (Å²) in [6.07, 6.45) is 2.15. The van der Waals surface area contributed by atoms with Crippen molar-refractivity contribution < 1.29 is 10.0 Å². The zero-order valence-electron chi connectivity index (χ0n) is 8.54. The highest BCUT2D eigenvalue weighted by atomic mass is 79.9. The molecule has 0 amide bonds. The molecule has 0 spiro atoms. The summed E-state index contributed by atoms with van der Waals surface area (Å²) in [4.78, 5) is 13.6. The molecule has 0 aliphatic heterocycles. The van der Waals surface area contributed by atoms with Crippen molar-refractivity contribution in [1.29, 1.82) is 0 Å². The van der Waals surface area contributed by atoms with Gasteiger partial charge in [-0.3, -0.25) is 0 Å². The lowest BCUT2D eigenvalue weighted by atomic mass is 10.7. The van der Waals surface area contributed by atoms with Gasteiger partial charge in [0, 0.05) is 18.4 Å². The number of nitrogens with zero attached hydrogens (tertiary/aromatic N) is 3. The summed E-state index contributed by atoms with van der Waals surface area (Å²) < 4.78 is 1.32. The molecule has 1 aromatic heterocycles. The maximum atomic E-state index is 10.5. The zero-order valence-corrected chi connectivity index (χ0v) is 10.1.